The van der Waals surface area contributed by atoms with Gasteiger partial charge in [-0.1, -0.05) is 39.1 Å². The van der Waals surface area contributed by atoms with Crippen molar-refractivity contribution in [2.24, 2.45) is 0 Å². The van der Waals surface area contributed by atoms with Crippen LogP contribution in [0.1, 0.15) is 6.42 Å². The lowest BCUT2D eigenvalue weighted by molar-refractivity contribution is 0.479. The first kappa shape index (κ1) is 13.1. The van der Waals surface area contributed by atoms with Crippen LogP contribution in [-0.4, -0.2) is 30.6 Å². The van der Waals surface area contributed by atoms with Crippen LogP contribution in [0.2, 0.25) is 8.67 Å². The number of rotatable bonds is 2. The summed E-state index contributed by atoms with van der Waals surface area (Å²) in [6.07, 6.45) is 0.814. The number of alkyl halides is 1. The van der Waals surface area contributed by atoms with E-state index in [0.29, 0.717) is 17.4 Å². The molecule has 16 heavy (non-hydrogen) atoms. The minimum Gasteiger partial charge on any atom is -0.207 e. The first-order valence-electron chi connectivity index (χ1n) is 4.50. The van der Waals surface area contributed by atoms with Gasteiger partial charge >= 0.3 is 0 Å². The summed E-state index contributed by atoms with van der Waals surface area (Å²) in [4.78, 5) is 0.334. The van der Waals surface area contributed by atoms with Crippen molar-refractivity contribution in [3.63, 3.8) is 0 Å². The molecule has 1 aromatic rings. The number of sulfonamides is 1. The van der Waals surface area contributed by atoms with Crippen LogP contribution in [0.15, 0.2) is 11.0 Å². The molecule has 1 fully saturated rings. The molecular weight excluding hydrogens is 357 g/mol. The van der Waals surface area contributed by atoms with Crippen LogP contribution in [0, 0.1) is 0 Å². The van der Waals surface area contributed by atoms with E-state index in [9.17, 15) is 8.42 Å². The smallest absolute Gasteiger partial charge is 0.207 e. The Bertz CT molecular complexity index is 502. The lowest BCUT2D eigenvalue weighted by atomic mass is 10.4. The van der Waals surface area contributed by atoms with Crippen LogP contribution in [-0.2, 0) is 10.0 Å². The Morgan fingerprint density at radius 2 is 2.19 bits per heavy atom. The van der Waals surface area contributed by atoms with E-state index >= 15 is 0 Å². The fourth-order valence-corrected chi connectivity index (χ4v) is 5.90. The molecule has 0 bridgehead atoms. The van der Waals surface area contributed by atoms with E-state index < -0.39 is 10.0 Å². The molecule has 1 aromatic heterocycles. The molecule has 1 unspecified atom stereocenters. The molecule has 0 saturated carbocycles. The molecule has 1 aliphatic heterocycles. The van der Waals surface area contributed by atoms with Crippen molar-refractivity contribution >= 4 is 60.5 Å². The third kappa shape index (κ3) is 2.42. The Morgan fingerprint density at radius 3 is 2.62 bits per heavy atom. The van der Waals surface area contributed by atoms with E-state index in [1.165, 1.54) is 10.4 Å². The molecule has 1 atom stereocenters. The van der Waals surface area contributed by atoms with Gasteiger partial charge in [0, 0.05) is 17.9 Å². The van der Waals surface area contributed by atoms with Gasteiger partial charge in [-0.05, 0) is 12.5 Å². The molecule has 0 aliphatic carbocycles. The molecule has 3 nitrogen and oxygen atoms in total. The first-order valence-corrected chi connectivity index (χ1v) is 8.43. The quantitative estimate of drug-likeness (QED) is 0.755. The Morgan fingerprint density at radius 1 is 1.50 bits per heavy atom. The topological polar surface area (TPSA) is 37.4 Å². The standard InChI is InChI=1S/C8H8BrCl2NO2S2/c9-5-1-2-12(4-5)16(13,14)6-3-7(10)15-8(6)11/h3,5H,1-2,4H2. The predicted octanol–water partition coefficient (Wildman–Crippen LogP) is 3.21. The zero-order valence-electron chi connectivity index (χ0n) is 7.99. The van der Waals surface area contributed by atoms with Gasteiger partial charge in [-0.2, -0.15) is 4.31 Å². The molecule has 0 aromatic carbocycles. The second kappa shape index (κ2) is 4.74. The minimum absolute atomic E-state index is 0.116. The second-order valence-corrected chi connectivity index (χ2v) is 8.92. The number of hydrogen-bond acceptors (Lipinski definition) is 3. The van der Waals surface area contributed by atoms with Gasteiger partial charge < -0.3 is 0 Å². The SMILES string of the molecule is O=S(=O)(c1cc(Cl)sc1Cl)N1CCC(Br)C1. The molecule has 2 rings (SSSR count). The van der Waals surface area contributed by atoms with Crippen molar-refractivity contribution in [3.05, 3.63) is 14.7 Å². The van der Waals surface area contributed by atoms with Gasteiger partial charge in [0.25, 0.3) is 0 Å². The molecule has 0 N–H and O–H groups in total. The fraction of sp³-hybridized carbons (Fsp3) is 0.500. The lowest BCUT2D eigenvalue weighted by Crippen LogP contribution is -2.28. The maximum absolute atomic E-state index is 12.2. The van der Waals surface area contributed by atoms with E-state index in [2.05, 4.69) is 15.9 Å². The van der Waals surface area contributed by atoms with E-state index in [1.54, 1.807) is 0 Å². The summed E-state index contributed by atoms with van der Waals surface area (Å²) >= 11 is 16.1. The Balaban J connectivity index is 2.36. The van der Waals surface area contributed by atoms with E-state index in [0.717, 1.165) is 17.8 Å². The zero-order valence-corrected chi connectivity index (χ0v) is 12.7. The normalized spacial score (nSPS) is 22.8. The highest BCUT2D eigenvalue weighted by atomic mass is 79.9. The van der Waals surface area contributed by atoms with Crippen LogP contribution in [0.5, 0.6) is 0 Å². The molecular formula is C8H8BrCl2NO2S2. The second-order valence-electron chi connectivity index (χ2n) is 3.44. The van der Waals surface area contributed by atoms with Crippen molar-refractivity contribution < 1.29 is 8.42 Å². The molecule has 8 heteroatoms. The maximum atomic E-state index is 12.2. The number of thiophene rings is 1. The monoisotopic (exact) mass is 363 g/mol. The van der Waals surface area contributed by atoms with Crippen LogP contribution in [0.3, 0.4) is 0 Å². The molecule has 0 amide bonds. The Kier molecular flexibility index (Phi) is 3.88. The summed E-state index contributed by atoms with van der Waals surface area (Å²) in [6, 6.07) is 1.41. The first-order chi connectivity index (χ1) is 7.41. The zero-order chi connectivity index (χ0) is 11.9. The summed E-state index contributed by atoms with van der Waals surface area (Å²) in [5.41, 5.74) is 0. The van der Waals surface area contributed by atoms with Crippen LogP contribution in [0.4, 0.5) is 0 Å². The summed E-state index contributed by atoms with van der Waals surface area (Å²) in [5.74, 6) is 0. The van der Waals surface area contributed by atoms with E-state index in [1.807, 2.05) is 0 Å². The molecule has 0 radical (unpaired) electrons. The Labute approximate surface area is 117 Å². The number of halogens is 3. The van der Waals surface area contributed by atoms with Crippen LogP contribution in [0.25, 0.3) is 0 Å². The average molecular weight is 365 g/mol. The third-order valence-corrected chi connectivity index (χ3v) is 6.70. The van der Waals surface area contributed by atoms with Crippen LogP contribution < -0.4 is 0 Å². The molecule has 1 saturated heterocycles. The van der Waals surface area contributed by atoms with Crippen molar-refractivity contribution in [3.8, 4) is 0 Å². The number of hydrogen-bond donors (Lipinski definition) is 0. The highest BCUT2D eigenvalue weighted by molar-refractivity contribution is 9.09. The summed E-state index contributed by atoms with van der Waals surface area (Å²) < 4.78 is 26.4. The van der Waals surface area contributed by atoms with Crippen molar-refractivity contribution in [2.45, 2.75) is 16.1 Å². The van der Waals surface area contributed by atoms with Gasteiger partial charge in [0.2, 0.25) is 10.0 Å². The fourth-order valence-electron chi connectivity index (χ4n) is 1.55. The Hall–Kier alpha value is 0.670. The van der Waals surface area contributed by atoms with Gasteiger partial charge in [-0.25, -0.2) is 8.42 Å². The minimum atomic E-state index is -3.48. The molecule has 0 spiro atoms. The van der Waals surface area contributed by atoms with Crippen molar-refractivity contribution in [2.75, 3.05) is 13.1 Å². The van der Waals surface area contributed by atoms with Crippen molar-refractivity contribution in [1.82, 2.24) is 4.31 Å². The molecule has 1 aliphatic rings. The van der Waals surface area contributed by atoms with Crippen molar-refractivity contribution in [1.29, 1.82) is 0 Å². The van der Waals surface area contributed by atoms with Gasteiger partial charge in [-0.3, -0.25) is 0 Å². The van der Waals surface area contributed by atoms with E-state index in [4.69, 9.17) is 23.2 Å². The molecule has 2 heterocycles. The highest BCUT2D eigenvalue weighted by Gasteiger charge is 2.33. The van der Waals surface area contributed by atoms with Gasteiger partial charge in [0.1, 0.15) is 9.23 Å². The van der Waals surface area contributed by atoms with Gasteiger partial charge in [0.05, 0.1) is 4.34 Å². The average Bonchev–Trinajstić information content (AvgIpc) is 2.73. The largest absolute Gasteiger partial charge is 0.245 e. The summed E-state index contributed by atoms with van der Waals surface area (Å²) in [6.45, 7) is 0.994. The lowest BCUT2D eigenvalue weighted by Gasteiger charge is -2.14. The summed E-state index contributed by atoms with van der Waals surface area (Å²) in [7, 11) is -3.48. The summed E-state index contributed by atoms with van der Waals surface area (Å²) in [5, 5.41) is 0. The van der Waals surface area contributed by atoms with Crippen LogP contribution >= 0.6 is 50.5 Å². The highest BCUT2D eigenvalue weighted by Crippen LogP contribution is 2.36. The van der Waals surface area contributed by atoms with Gasteiger partial charge in [-0.15, -0.1) is 11.3 Å². The predicted molar refractivity (Wildman–Crippen MR) is 70.4 cm³/mol. The van der Waals surface area contributed by atoms with Gasteiger partial charge in [0.15, 0.2) is 0 Å². The van der Waals surface area contributed by atoms with E-state index in [-0.39, 0.29) is 14.1 Å². The third-order valence-electron chi connectivity index (χ3n) is 2.34. The molecule has 90 valence electrons. The number of nitrogens with zero attached hydrogens (tertiary/aromatic N) is 1. The maximum Gasteiger partial charge on any atom is 0.245 e.